The van der Waals surface area contributed by atoms with Gasteiger partial charge in [0.2, 0.25) is 0 Å². The van der Waals surface area contributed by atoms with Crippen molar-refractivity contribution < 1.29 is 0 Å². The zero-order valence-electron chi connectivity index (χ0n) is 9.80. The number of aryl methyl sites for hydroxylation is 1. The van der Waals surface area contributed by atoms with Crippen molar-refractivity contribution in [2.45, 2.75) is 19.9 Å². The van der Waals surface area contributed by atoms with Gasteiger partial charge in [0.15, 0.2) is 0 Å². The Morgan fingerprint density at radius 3 is 3.00 bits per heavy atom. The number of halogens is 1. The Kier molecular flexibility index (Phi) is 4.38. The summed E-state index contributed by atoms with van der Waals surface area (Å²) < 4.78 is 1.24. The highest BCUT2D eigenvalue weighted by molar-refractivity contribution is 9.10. The van der Waals surface area contributed by atoms with Crippen LogP contribution in [0.1, 0.15) is 17.5 Å². The van der Waals surface area contributed by atoms with Gasteiger partial charge < -0.3 is 5.32 Å². The van der Waals surface area contributed by atoms with E-state index in [0.29, 0.717) is 0 Å². The van der Waals surface area contributed by atoms with Gasteiger partial charge in [-0.15, -0.1) is 0 Å². The van der Waals surface area contributed by atoms with E-state index >= 15 is 0 Å². The Hall–Kier alpha value is -0.380. The molecule has 1 aromatic carbocycles. The van der Waals surface area contributed by atoms with Gasteiger partial charge in [-0.3, -0.25) is 4.90 Å². The largest absolute Gasteiger partial charge is 0.315 e. The molecule has 0 aliphatic carbocycles. The minimum atomic E-state index is 1.06. The van der Waals surface area contributed by atoms with E-state index in [1.807, 2.05) is 0 Å². The number of hydrogen-bond acceptors (Lipinski definition) is 2. The van der Waals surface area contributed by atoms with Crippen LogP contribution in [0.4, 0.5) is 0 Å². The molecule has 1 saturated heterocycles. The molecule has 0 bridgehead atoms. The standard InChI is InChI=1S/C13H19BrN2/c1-11-3-4-12(13(14)9-11)10-16-7-2-5-15-6-8-16/h3-4,9,15H,2,5-8,10H2,1H3. The Balaban J connectivity index is 2.01. The van der Waals surface area contributed by atoms with Crippen LogP contribution in [0.5, 0.6) is 0 Å². The molecule has 0 amide bonds. The van der Waals surface area contributed by atoms with Gasteiger partial charge in [-0.25, -0.2) is 0 Å². The van der Waals surface area contributed by atoms with Gasteiger partial charge in [0.1, 0.15) is 0 Å². The van der Waals surface area contributed by atoms with Crippen molar-refractivity contribution in [1.29, 1.82) is 0 Å². The summed E-state index contributed by atoms with van der Waals surface area (Å²) in [7, 11) is 0. The summed E-state index contributed by atoms with van der Waals surface area (Å²) in [5.41, 5.74) is 2.71. The zero-order valence-corrected chi connectivity index (χ0v) is 11.4. The van der Waals surface area contributed by atoms with E-state index in [1.54, 1.807) is 0 Å². The van der Waals surface area contributed by atoms with Crippen molar-refractivity contribution in [2.24, 2.45) is 0 Å². The number of nitrogens with one attached hydrogen (secondary N) is 1. The van der Waals surface area contributed by atoms with Gasteiger partial charge in [-0.1, -0.05) is 28.1 Å². The van der Waals surface area contributed by atoms with Gasteiger partial charge in [0.25, 0.3) is 0 Å². The van der Waals surface area contributed by atoms with Crippen molar-refractivity contribution in [3.05, 3.63) is 33.8 Å². The fraction of sp³-hybridized carbons (Fsp3) is 0.538. The molecule has 1 aromatic rings. The van der Waals surface area contributed by atoms with Crippen molar-refractivity contribution in [3.63, 3.8) is 0 Å². The van der Waals surface area contributed by atoms with Crippen LogP contribution >= 0.6 is 15.9 Å². The molecule has 2 nitrogen and oxygen atoms in total. The van der Waals surface area contributed by atoms with E-state index in [4.69, 9.17) is 0 Å². The normalized spacial score (nSPS) is 18.4. The summed E-state index contributed by atoms with van der Waals surface area (Å²) in [6.07, 6.45) is 1.25. The number of rotatable bonds is 2. The lowest BCUT2D eigenvalue weighted by Crippen LogP contribution is -2.27. The molecule has 0 saturated carbocycles. The maximum Gasteiger partial charge on any atom is 0.0245 e. The molecule has 0 atom stereocenters. The maximum atomic E-state index is 3.65. The topological polar surface area (TPSA) is 15.3 Å². The van der Waals surface area contributed by atoms with E-state index in [9.17, 15) is 0 Å². The predicted molar refractivity (Wildman–Crippen MR) is 71.6 cm³/mol. The molecule has 1 heterocycles. The highest BCUT2D eigenvalue weighted by Gasteiger charge is 2.10. The second kappa shape index (κ2) is 5.80. The highest BCUT2D eigenvalue weighted by atomic mass is 79.9. The highest BCUT2D eigenvalue weighted by Crippen LogP contribution is 2.20. The smallest absolute Gasteiger partial charge is 0.0245 e. The lowest BCUT2D eigenvalue weighted by molar-refractivity contribution is 0.284. The third-order valence-corrected chi connectivity index (χ3v) is 3.77. The molecular formula is C13H19BrN2. The Morgan fingerprint density at radius 2 is 2.19 bits per heavy atom. The van der Waals surface area contributed by atoms with E-state index < -0.39 is 0 Å². The minimum absolute atomic E-state index is 1.06. The van der Waals surface area contributed by atoms with Gasteiger partial charge in [-0.05, 0) is 43.6 Å². The summed E-state index contributed by atoms with van der Waals surface area (Å²) in [5.74, 6) is 0. The van der Waals surface area contributed by atoms with Crippen LogP contribution in [0.3, 0.4) is 0 Å². The first-order chi connectivity index (χ1) is 7.75. The van der Waals surface area contributed by atoms with E-state index in [1.165, 1.54) is 28.6 Å². The van der Waals surface area contributed by atoms with Gasteiger partial charge in [0.05, 0.1) is 0 Å². The predicted octanol–water partition coefficient (Wildman–Crippen LogP) is 2.55. The maximum absolute atomic E-state index is 3.65. The van der Waals surface area contributed by atoms with E-state index in [0.717, 1.165) is 26.2 Å². The van der Waals surface area contributed by atoms with Crippen LogP contribution in [0.15, 0.2) is 22.7 Å². The molecule has 1 aliphatic rings. The monoisotopic (exact) mass is 282 g/mol. The quantitative estimate of drug-likeness (QED) is 0.897. The molecule has 0 spiro atoms. The molecule has 1 fully saturated rings. The third kappa shape index (κ3) is 3.30. The second-order valence-corrected chi connectivity index (χ2v) is 5.33. The summed E-state index contributed by atoms with van der Waals surface area (Å²) in [5, 5.41) is 3.43. The van der Waals surface area contributed by atoms with Gasteiger partial charge in [0, 0.05) is 24.1 Å². The number of nitrogens with zero attached hydrogens (tertiary/aromatic N) is 1. The molecule has 3 heteroatoms. The molecule has 2 rings (SSSR count). The first kappa shape index (κ1) is 12.1. The fourth-order valence-corrected chi connectivity index (χ4v) is 2.70. The van der Waals surface area contributed by atoms with Crippen LogP contribution in [0, 0.1) is 6.92 Å². The molecule has 1 aliphatic heterocycles. The van der Waals surface area contributed by atoms with Crippen LogP contribution in [0.2, 0.25) is 0 Å². The Bertz CT molecular complexity index is 344. The second-order valence-electron chi connectivity index (χ2n) is 4.47. The van der Waals surface area contributed by atoms with Gasteiger partial charge >= 0.3 is 0 Å². The molecular weight excluding hydrogens is 264 g/mol. The molecule has 88 valence electrons. The van der Waals surface area contributed by atoms with Crippen molar-refractivity contribution in [2.75, 3.05) is 26.2 Å². The average molecular weight is 283 g/mol. The van der Waals surface area contributed by atoms with Crippen molar-refractivity contribution >= 4 is 15.9 Å². The average Bonchev–Trinajstić information content (AvgIpc) is 2.51. The summed E-state index contributed by atoms with van der Waals surface area (Å²) in [6.45, 7) is 7.82. The minimum Gasteiger partial charge on any atom is -0.315 e. The summed E-state index contributed by atoms with van der Waals surface area (Å²) in [6, 6.07) is 6.62. The first-order valence-corrected chi connectivity index (χ1v) is 6.73. The fourth-order valence-electron chi connectivity index (χ4n) is 2.08. The lowest BCUT2D eigenvalue weighted by Gasteiger charge is -2.20. The number of benzene rings is 1. The molecule has 16 heavy (non-hydrogen) atoms. The van der Waals surface area contributed by atoms with Crippen LogP contribution in [0.25, 0.3) is 0 Å². The zero-order chi connectivity index (χ0) is 11.4. The first-order valence-electron chi connectivity index (χ1n) is 5.94. The van der Waals surface area contributed by atoms with E-state index in [2.05, 4.69) is 51.3 Å². The van der Waals surface area contributed by atoms with E-state index in [-0.39, 0.29) is 0 Å². The molecule has 0 aromatic heterocycles. The third-order valence-electron chi connectivity index (χ3n) is 3.04. The molecule has 0 radical (unpaired) electrons. The Labute approximate surface area is 106 Å². The summed E-state index contributed by atoms with van der Waals surface area (Å²) in [4.78, 5) is 2.52. The molecule has 0 unspecified atom stereocenters. The van der Waals surface area contributed by atoms with Crippen LogP contribution in [-0.2, 0) is 6.54 Å². The number of hydrogen-bond donors (Lipinski definition) is 1. The van der Waals surface area contributed by atoms with Crippen molar-refractivity contribution in [1.82, 2.24) is 10.2 Å². The van der Waals surface area contributed by atoms with Crippen LogP contribution in [-0.4, -0.2) is 31.1 Å². The summed E-state index contributed by atoms with van der Waals surface area (Å²) >= 11 is 3.65. The van der Waals surface area contributed by atoms with Gasteiger partial charge in [-0.2, -0.15) is 0 Å². The lowest BCUT2D eigenvalue weighted by atomic mass is 10.1. The molecule has 1 N–H and O–H groups in total. The van der Waals surface area contributed by atoms with Crippen LogP contribution < -0.4 is 5.32 Å². The van der Waals surface area contributed by atoms with Crippen molar-refractivity contribution in [3.8, 4) is 0 Å². The Morgan fingerprint density at radius 1 is 1.31 bits per heavy atom. The SMILES string of the molecule is Cc1ccc(CN2CCCNCC2)c(Br)c1.